The highest BCUT2D eigenvalue weighted by molar-refractivity contribution is 7.89. The molecule has 1 aromatic heterocycles. The van der Waals surface area contributed by atoms with Crippen LogP contribution in [0.3, 0.4) is 0 Å². The fourth-order valence-corrected chi connectivity index (χ4v) is 4.68. The summed E-state index contributed by atoms with van der Waals surface area (Å²) >= 11 is 0. The van der Waals surface area contributed by atoms with Gasteiger partial charge in [-0.3, -0.25) is 4.79 Å². The smallest absolute Gasteiger partial charge is 0.260 e. The molecule has 0 spiro atoms. The molecular weight excluding hydrogens is 446 g/mol. The van der Waals surface area contributed by atoms with Crippen molar-refractivity contribution in [1.29, 1.82) is 0 Å². The van der Waals surface area contributed by atoms with E-state index in [0.29, 0.717) is 13.0 Å². The van der Waals surface area contributed by atoms with Gasteiger partial charge in [-0.25, -0.2) is 22.5 Å². The largest absolute Gasteiger partial charge is 0.515 e. The molecule has 1 amide bonds. The van der Waals surface area contributed by atoms with Gasteiger partial charge < -0.3 is 14.8 Å². The number of amides is 1. The Morgan fingerprint density at radius 3 is 2.58 bits per heavy atom. The summed E-state index contributed by atoms with van der Waals surface area (Å²) in [4.78, 5) is 17.0. The number of hydrogen-bond acceptors (Lipinski definition) is 6. The maximum Gasteiger partial charge on any atom is 0.260 e. The highest BCUT2D eigenvalue weighted by atomic mass is 32.2. The van der Waals surface area contributed by atoms with Gasteiger partial charge in [0.2, 0.25) is 10.0 Å². The Hall–Kier alpha value is -2.37. The van der Waals surface area contributed by atoms with Crippen molar-refractivity contribution in [3.63, 3.8) is 0 Å². The van der Waals surface area contributed by atoms with Gasteiger partial charge in [0.05, 0.1) is 22.8 Å². The number of hydrogen-bond donors (Lipinski definition) is 2. The second kappa shape index (κ2) is 9.11. The maximum atomic E-state index is 14.0. The van der Waals surface area contributed by atoms with Crippen molar-refractivity contribution in [3.05, 3.63) is 47.4 Å². The summed E-state index contributed by atoms with van der Waals surface area (Å²) in [7, 11) is 12.5. The minimum absolute atomic E-state index is 0.0206. The quantitative estimate of drug-likeness (QED) is 0.562. The molecule has 4 rings (SSSR count). The number of carbonyl (C=O) groups is 1. The van der Waals surface area contributed by atoms with Crippen LogP contribution in [-0.4, -0.2) is 67.4 Å². The first kappa shape index (κ1) is 23.8. The summed E-state index contributed by atoms with van der Waals surface area (Å²) < 4.78 is 52.6. The third-order valence-corrected chi connectivity index (χ3v) is 6.64. The number of nitrogens with zero attached hydrogens (tertiary/aromatic N) is 1. The van der Waals surface area contributed by atoms with Gasteiger partial charge in [-0.2, -0.15) is 0 Å². The second-order valence-electron chi connectivity index (χ2n) is 8.09. The minimum atomic E-state index is -3.97. The molecule has 33 heavy (non-hydrogen) atoms. The molecule has 2 aromatic rings. The van der Waals surface area contributed by atoms with Gasteiger partial charge in [0, 0.05) is 18.6 Å². The SMILES string of the molecule is [B]C([B])([B])Oc1ccc(S(=O)(=O)N[C@H]2CCOC2)cc1C(=O)Nc1ccc(F)c(C2CC2)n1. The fourth-order valence-electron chi connectivity index (χ4n) is 3.40. The molecule has 166 valence electrons. The normalized spacial score (nSPS) is 18.8. The van der Waals surface area contributed by atoms with Crippen molar-refractivity contribution in [1.82, 2.24) is 9.71 Å². The molecule has 0 bridgehead atoms. The summed E-state index contributed by atoms with van der Waals surface area (Å²) in [5, 5.41) is 0.409. The molecule has 1 atom stereocenters. The topological polar surface area (TPSA) is 107 Å². The van der Waals surface area contributed by atoms with Crippen LogP contribution in [0.5, 0.6) is 5.75 Å². The third kappa shape index (κ3) is 5.96. The number of benzene rings is 1. The monoisotopic (exact) mass is 465 g/mol. The first-order valence-corrected chi connectivity index (χ1v) is 11.8. The number of aromatic nitrogens is 1. The van der Waals surface area contributed by atoms with Crippen LogP contribution in [0.4, 0.5) is 10.2 Å². The first-order valence-electron chi connectivity index (χ1n) is 10.3. The molecule has 1 aliphatic carbocycles. The van der Waals surface area contributed by atoms with Gasteiger partial charge in [0.15, 0.2) is 0 Å². The van der Waals surface area contributed by atoms with E-state index in [2.05, 4.69) is 15.0 Å². The summed E-state index contributed by atoms with van der Waals surface area (Å²) in [6.07, 6.45) is 2.18. The lowest BCUT2D eigenvalue weighted by atomic mass is 9.52. The zero-order valence-corrected chi connectivity index (χ0v) is 18.4. The number of halogens is 1. The Bertz CT molecular complexity index is 1170. The lowest BCUT2D eigenvalue weighted by Gasteiger charge is -2.25. The van der Waals surface area contributed by atoms with Gasteiger partial charge in [0.1, 0.15) is 40.9 Å². The summed E-state index contributed by atoms with van der Waals surface area (Å²) in [5.74, 6) is -1.24. The number of anilines is 1. The molecule has 1 saturated carbocycles. The molecule has 2 N–H and O–H groups in total. The Morgan fingerprint density at radius 1 is 1.18 bits per heavy atom. The third-order valence-electron chi connectivity index (χ3n) is 5.12. The van der Waals surface area contributed by atoms with Crippen molar-refractivity contribution in [2.75, 3.05) is 18.5 Å². The van der Waals surface area contributed by atoms with Crippen LogP contribution >= 0.6 is 0 Å². The zero-order valence-electron chi connectivity index (χ0n) is 17.6. The number of sulfonamides is 1. The van der Waals surface area contributed by atoms with E-state index in [9.17, 15) is 17.6 Å². The number of nitrogens with one attached hydrogen (secondary N) is 2. The number of pyridine rings is 1. The zero-order chi connectivity index (χ0) is 23.8. The summed E-state index contributed by atoms with van der Waals surface area (Å²) in [6.45, 7) is 0.704. The Balaban J connectivity index is 1.64. The average molecular weight is 465 g/mol. The van der Waals surface area contributed by atoms with Crippen LogP contribution in [0.25, 0.3) is 0 Å². The van der Waals surface area contributed by atoms with Crippen molar-refractivity contribution in [3.8, 4) is 5.75 Å². The predicted octanol–water partition coefficient (Wildman–Crippen LogP) is 0.913. The fraction of sp³-hybridized carbons (Fsp3) is 0.400. The van der Waals surface area contributed by atoms with E-state index in [0.717, 1.165) is 18.9 Å². The predicted molar refractivity (Wildman–Crippen MR) is 121 cm³/mol. The van der Waals surface area contributed by atoms with Crippen LogP contribution in [0.1, 0.15) is 41.2 Å². The lowest BCUT2D eigenvalue weighted by molar-refractivity contribution is 0.102. The molecule has 1 saturated heterocycles. The number of carbonyl (C=O) groups excluding carboxylic acids is 1. The molecule has 2 aliphatic rings. The van der Waals surface area contributed by atoms with Crippen LogP contribution in [-0.2, 0) is 14.8 Å². The molecule has 13 heteroatoms. The van der Waals surface area contributed by atoms with Crippen LogP contribution in [0.15, 0.2) is 35.2 Å². The molecule has 0 unspecified atom stereocenters. The molecule has 2 heterocycles. The highest BCUT2D eigenvalue weighted by Crippen LogP contribution is 2.40. The minimum Gasteiger partial charge on any atom is -0.515 e. The molecule has 1 aromatic carbocycles. The Morgan fingerprint density at radius 2 is 1.94 bits per heavy atom. The average Bonchev–Trinajstić information content (AvgIpc) is 3.45. The first-order chi connectivity index (χ1) is 15.5. The van der Waals surface area contributed by atoms with Crippen molar-refractivity contribution >= 4 is 45.3 Å². The van der Waals surface area contributed by atoms with Crippen molar-refractivity contribution in [2.45, 2.75) is 41.4 Å². The van der Waals surface area contributed by atoms with Gasteiger partial charge >= 0.3 is 0 Å². The standard InChI is InChI=1S/C20H19B3FN3O5S/c21-20(22,23)32-16-5-3-13(33(29,30)27-12-7-8-31-10-12)9-14(16)19(28)26-17-6-4-15(24)18(25-17)11-1-2-11/h3-6,9,11-12,27H,1-2,7-8,10H2,(H,25,26,28)/t12-/m0/s1. The number of ether oxygens (including phenoxy) is 2. The van der Waals surface area contributed by atoms with E-state index >= 15 is 0 Å². The van der Waals surface area contributed by atoms with Gasteiger partial charge in [-0.15, -0.1) is 0 Å². The molecule has 2 fully saturated rings. The van der Waals surface area contributed by atoms with E-state index in [4.69, 9.17) is 33.0 Å². The maximum absolute atomic E-state index is 14.0. The second-order valence-corrected chi connectivity index (χ2v) is 9.80. The van der Waals surface area contributed by atoms with Crippen molar-refractivity contribution < 1.29 is 27.1 Å². The van der Waals surface area contributed by atoms with Gasteiger partial charge in [0.25, 0.3) is 5.91 Å². The van der Waals surface area contributed by atoms with Crippen molar-refractivity contribution in [2.24, 2.45) is 0 Å². The Kier molecular flexibility index (Phi) is 6.57. The van der Waals surface area contributed by atoms with Crippen LogP contribution in [0, 0.1) is 5.82 Å². The molecule has 8 nitrogen and oxygen atoms in total. The van der Waals surface area contributed by atoms with E-state index < -0.39 is 27.0 Å². The van der Waals surface area contributed by atoms with Gasteiger partial charge in [-0.05, 0) is 54.9 Å². The summed E-state index contributed by atoms with van der Waals surface area (Å²) in [6, 6.07) is 5.71. The van der Waals surface area contributed by atoms with Gasteiger partial charge in [-0.1, -0.05) is 0 Å². The summed E-state index contributed by atoms with van der Waals surface area (Å²) in [5.41, 5.74) is 0.0684. The molecule has 6 radical (unpaired) electrons. The van der Waals surface area contributed by atoms with E-state index in [-0.39, 0.29) is 46.3 Å². The van der Waals surface area contributed by atoms with Crippen LogP contribution < -0.4 is 14.8 Å². The highest BCUT2D eigenvalue weighted by Gasteiger charge is 2.29. The van der Waals surface area contributed by atoms with E-state index in [1.807, 2.05) is 0 Å². The Labute approximate surface area is 195 Å². The molecule has 1 aliphatic heterocycles. The van der Waals surface area contributed by atoms with Crippen LogP contribution in [0.2, 0.25) is 0 Å². The van der Waals surface area contributed by atoms with E-state index in [1.54, 1.807) is 0 Å². The molecular formula is C20H19B3FN3O5S. The lowest BCUT2D eigenvalue weighted by Crippen LogP contribution is -2.38. The van der Waals surface area contributed by atoms with E-state index in [1.165, 1.54) is 24.3 Å². The number of rotatable bonds is 8.